The van der Waals surface area contributed by atoms with Crippen molar-refractivity contribution in [3.05, 3.63) is 59.7 Å². The lowest BCUT2D eigenvalue weighted by Crippen LogP contribution is -2.48. The Morgan fingerprint density at radius 1 is 1.10 bits per heavy atom. The van der Waals surface area contributed by atoms with Gasteiger partial charge in [-0.05, 0) is 62.9 Å². The number of carbonyl (C=O) groups is 1. The molecule has 0 saturated carbocycles. The van der Waals surface area contributed by atoms with Crippen molar-refractivity contribution in [1.29, 1.82) is 0 Å². The molecule has 2 rings (SSSR count). The molecular formula is C23H32N2O5S. The molecule has 0 bridgehead atoms. The second-order valence-electron chi connectivity index (χ2n) is 7.56. The standard InChI is InChI=1S/C23H32N2O5S/c1-17(2)30-14-8-13-24-23(26)21(16-19-9-6-5-7-10-19)25-31(27,28)20-11-12-22(29-4)18(3)15-20/h5-7,9-12,15,17,21,25H,8,13-14,16H2,1-4H3,(H,24,26). The third-order valence-corrected chi connectivity index (χ3v) is 6.11. The quantitative estimate of drug-likeness (QED) is 0.487. The second kappa shape index (κ2) is 11.8. The van der Waals surface area contributed by atoms with E-state index in [1.807, 2.05) is 44.2 Å². The van der Waals surface area contributed by atoms with Crippen LogP contribution >= 0.6 is 0 Å². The zero-order valence-corrected chi connectivity index (χ0v) is 19.4. The van der Waals surface area contributed by atoms with E-state index < -0.39 is 16.1 Å². The Hall–Kier alpha value is -2.42. The predicted molar refractivity (Wildman–Crippen MR) is 121 cm³/mol. The number of benzene rings is 2. The smallest absolute Gasteiger partial charge is 0.241 e. The van der Waals surface area contributed by atoms with Crippen molar-refractivity contribution < 1.29 is 22.7 Å². The molecule has 0 aliphatic carbocycles. The Morgan fingerprint density at radius 2 is 1.81 bits per heavy atom. The number of rotatable bonds is 12. The summed E-state index contributed by atoms with van der Waals surface area (Å²) in [5.41, 5.74) is 1.55. The summed E-state index contributed by atoms with van der Waals surface area (Å²) in [6.45, 7) is 6.60. The van der Waals surface area contributed by atoms with Crippen molar-refractivity contribution in [2.45, 2.75) is 50.7 Å². The fourth-order valence-corrected chi connectivity index (χ4v) is 4.32. The first-order valence-corrected chi connectivity index (χ1v) is 11.8. The maximum Gasteiger partial charge on any atom is 0.241 e. The minimum atomic E-state index is -3.91. The van der Waals surface area contributed by atoms with Crippen molar-refractivity contribution >= 4 is 15.9 Å². The molecule has 0 fully saturated rings. The molecule has 170 valence electrons. The summed E-state index contributed by atoms with van der Waals surface area (Å²) in [6.07, 6.45) is 1.01. The van der Waals surface area contributed by atoms with Gasteiger partial charge in [0.1, 0.15) is 11.8 Å². The van der Waals surface area contributed by atoms with Crippen molar-refractivity contribution in [2.75, 3.05) is 20.3 Å². The molecule has 1 unspecified atom stereocenters. The molecule has 0 aliphatic heterocycles. The monoisotopic (exact) mass is 448 g/mol. The zero-order chi connectivity index (χ0) is 22.9. The average molecular weight is 449 g/mol. The number of hydrogen-bond acceptors (Lipinski definition) is 5. The predicted octanol–water partition coefficient (Wildman–Crippen LogP) is 2.82. The molecular weight excluding hydrogens is 416 g/mol. The first-order valence-electron chi connectivity index (χ1n) is 10.3. The normalized spacial score (nSPS) is 12.5. The van der Waals surface area contributed by atoms with Crippen LogP contribution in [-0.4, -0.2) is 46.7 Å². The number of ether oxygens (including phenoxy) is 2. The molecule has 0 spiro atoms. The Bertz CT molecular complexity index is 946. The third kappa shape index (κ3) is 7.97. The molecule has 0 radical (unpaired) electrons. The molecule has 7 nitrogen and oxygen atoms in total. The van der Waals surface area contributed by atoms with Crippen LogP contribution in [0.15, 0.2) is 53.4 Å². The minimum absolute atomic E-state index is 0.0852. The van der Waals surface area contributed by atoms with E-state index >= 15 is 0 Å². The largest absolute Gasteiger partial charge is 0.496 e. The Kier molecular flexibility index (Phi) is 9.48. The minimum Gasteiger partial charge on any atom is -0.496 e. The molecule has 2 aromatic rings. The van der Waals surface area contributed by atoms with Crippen LogP contribution in [0.2, 0.25) is 0 Å². The van der Waals surface area contributed by atoms with Gasteiger partial charge in [-0.15, -0.1) is 0 Å². The van der Waals surface area contributed by atoms with Gasteiger partial charge in [0.25, 0.3) is 0 Å². The Morgan fingerprint density at radius 3 is 2.42 bits per heavy atom. The Labute approximate surface area is 185 Å². The molecule has 1 amide bonds. The van der Waals surface area contributed by atoms with Gasteiger partial charge in [-0.2, -0.15) is 4.72 Å². The fourth-order valence-electron chi connectivity index (χ4n) is 3.04. The fraction of sp³-hybridized carbons (Fsp3) is 0.435. The van der Waals surface area contributed by atoms with E-state index in [4.69, 9.17) is 9.47 Å². The van der Waals surface area contributed by atoms with Crippen LogP contribution in [0.4, 0.5) is 0 Å². The summed E-state index contributed by atoms with van der Waals surface area (Å²) in [4.78, 5) is 12.9. The van der Waals surface area contributed by atoms with Crippen LogP contribution in [0.3, 0.4) is 0 Å². The van der Waals surface area contributed by atoms with Gasteiger partial charge >= 0.3 is 0 Å². The van der Waals surface area contributed by atoms with Crippen molar-refractivity contribution in [2.24, 2.45) is 0 Å². The van der Waals surface area contributed by atoms with E-state index in [0.717, 1.165) is 5.56 Å². The van der Waals surface area contributed by atoms with E-state index in [-0.39, 0.29) is 23.3 Å². The summed E-state index contributed by atoms with van der Waals surface area (Å²) in [6, 6.07) is 13.0. The summed E-state index contributed by atoms with van der Waals surface area (Å²) in [7, 11) is -2.38. The molecule has 8 heteroatoms. The number of amides is 1. The molecule has 2 aromatic carbocycles. The van der Waals surface area contributed by atoms with Crippen molar-refractivity contribution in [1.82, 2.24) is 10.0 Å². The van der Waals surface area contributed by atoms with E-state index in [2.05, 4.69) is 10.0 Å². The molecule has 0 saturated heterocycles. The van der Waals surface area contributed by atoms with Gasteiger partial charge in [0.2, 0.25) is 15.9 Å². The summed E-state index contributed by atoms with van der Waals surface area (Å²) < 4.78 is 39.2. The lowest BCUT2D eigenvalue weighted by Gasteiger charge is -2.19. The molecule has 1 atom stereocenters. The van der Waals surface area contributed by atoms with Gasteiger partial charge in [0, 0.05) is 13.2 Å². The van der Waals surface area contributed by atoms with Gasteiger partial charge < -0.3 is 14.8 Å². The highest BCUT2D eigenvalue weighted by molar-refractivity contribution is 7.89. The SMILES string of the molecule is COc1ccc(S(=O)(=O)NC(Cc2ccccc2)C(=O)NCCCOC(C)C)cc1C. The van der Waals surface area contributed by atoms with Crippen LogP contribution in [0.5, 0.6) is 5.75 Å². The number of nitrogens with one attached hydrogen (secondary N) is 2. The van der Waals surface area contributed by atoms with Crippen LogP contribution in [-0.2, 0) is 26.0 Å². The molecule has 0 heterocycles. The van der Waals surface area contributed by atoms with Gasteiger partial charge in [0.15, 0.2) is 0 Å². The third-order valence-electron chi connectivity index (χ3n) is 4.64. The molecule has 0 aromatic heterocycles. The van der Waals surface area contributed by atoms with Crippen molar-refractivity contribution in [3.8, 4) is 5.75 Å². The lowest BCUT2D eigenvalue weighted by molar-refractivity contribution is -0.122. The van der Waals surface area contributed by atoms with Crippen molar-refractivity contribution in [3.63, 3.8) is 0 Å². The average Bonchev–Trinajstić information content (AvgIpc) is 2.73. The highest BCUT2D eigenvalue weighted by Gasteiger charge is 2.26. The highest BCUT2D eigenvalue weighted by Crippen LogP contribution is 2.21. The topological polar surface area (TPSA) is 93.7 Å². The van der Waals surface area contributed by atoms with Crippen LogP contribution in [0, 0.1) is 6.92 Å². The maximum atomic E-state index is 13.0. The number of sulfonamides is 1. The van der Waals surface area contributed by atoms with Gasteiger partial charge in [-0.1, -0.05) is 30.3 Å². The van der Waals surface area contributed by atoms with Crippen LogP contribution < -0.4 is 14.8 Å². The summed E-state index contributed by atoms with van der Waals surface area (Å²) >= 11 is 0. The first-order chi connectivity index (χ1) is 14.7. The van der Waals surface area contributed by atoms with Crippen LogP contribution in [0.25, 0.3) is 0 Å². The number of carbonyl (C=O) groups excluding carboxylic acids is 1. The maximum absolute atomic E-state index is 13.0. The Balaban J connectivity index is 2.13. The van der Waals surface area contributed by atoms with E-state index in [0.29, 0.717) is 30.9 Å². The zero-order valence-electron chi connectivity index (χ0n) is 18.6. The molecule has 2 N–H and O–H groups in total. The summed E-state index contributed by atoms with van der Waals surface area (Å²) in [5, 5.41) is 2.81. The van der Waals surface area contributed by atoms with E-state index in [9.17, 15) is 13.2 Å². The number of hydrogen-bond donors (Lipinski definition) is 2. The second-order valence-corrected chi connectivity index (χ2v) is 9.27. The lowest BCUT2D eigenvalue weighted by atomic mass is 10.1. The van der Waals surface area contributed by atoms with Crippen LogP contribution in [0.1, 0.15) is 31.4 Å². The number of methoxy groups -OCH3 is 1. The van der Waals surface area contributed by atoms with Gasteiger partial charge in [-0.25, -0.2) is 8.42 Å². The first kappa shape index (κ1) is 24.8. The molecule has 0 aliphatic rings. The van der Waals surface area contributed by atoms with E-state index in [1.54, 1.807) is 13.0 Å². The highest BCUT2D eigenvalue weighted by atomic mass is 32.2. The van der Waals surface area contributed by atoms with Gasteiger partial charge in [-0.3, -0.25) is 4.79 Å². The van der Waals surface area contributed by atoms with E-state index in [1.165, 1.54) is 19.2 Å². The summed E-state index contributed by atoms with van der Waals surface area (Å²) in [5.74, 6) is 0.225. The molecule has 31 heavy (non-hydrogen) atoms. The van der Waals surface area contributed by atoms with Gasteiger partial charge in [0.05, 0.1) is 18.1 Å². The number of aryl methyl sites for hydroxylation is 1.